The molecule has 0 spiro atoms. The minimum Gasteiger partial charge on any atom is -0.387 e. The minimum absolute atomic E-state index is 0.0578. The Kier molecular flexibility index (Phi) is 33.1. The van der Waals surface area contributed by atoms with Crippen LogP contribution in [0.3, 0.4) is 0 Å². The van der Waals surface area contributed by atoms with Gasteiger partial charge in [0.1, 0.15) is 13.2 Å². The average Bonchev–Trinajstić information content (AvgIpc) is 3.06. The molecule has 0 aromatic carbocycles. The largest absolute Gasteiger partial charge is 0.472 e. The Balaban J connectivity index is 4.45. The number of carbonyl (C=O) groups is 1. The first-order valence-corrected chi connectivity index (χ1v) is 22.2. The van der Waals surface area contributed by atoms with Crippen molar-refractivity contribution in [3.63, 3.8) is 0 Å². The maximum Gasteiger partial charge on any atom is 0.472 e. The van der Waals surface area contributed by atoms with Gasteiger partial charge >= 0.3 is 7.82 Å². The number of allylic oxidation sites excluding steroid dienone is 3. The summed E-state index contributed by atoms with van der Waals surface area (Å²) in [5.74, 6) is -0.191. The standard InChI is InChI=1S/C41H81N2O6P/c1-6-8-10-12-14-16-17-18-19-20-21-22-23-24-25-27-28-30-32-34-40(44)39(38-49-50(46,47)48-37-36-43(3,4)5)42-41(45)35-33-31-29-26-15-13-11-9-7-2/h25,27,32,34,39-40,44H,6-24,26,28-31,33,35-38H2,1-5H3,(H-,42,45,46,47)/p+1/b27-25+,34-32+. The van der Waals surface area contributed by atoms with Crippen molar-refractivity contribution in [1.29, 1.82) is 0 Å². The predicted octanol–water partition coefficient (Wildman–Crippen LogP) is 11.0. The summed E-state index contributed by atoms with van der Waals surface area (Å²) in [6.45, 7) is 4.76. The van der Waals surface area contributed by atoms with Crippen LogP contribution in [0.1, 0.15) is 181 Å². The van der Waals surface area contributed by atoms with Gasteiger partial charge in [0.2, 0.25) is 5.91 Å². The van der Waals surface area contributed by atoms with Crippen LogP contribution >= 0.6 is 7.82 Å². The number of hydrogen-bond donors (Lipinski definition) is 3. The second kappa shape index (κ2) is 33.8. The van der Waals surface area contributed by atoms with E-state index in [1.54, 1.807) is 6.08 Å². The summed E-state index contributed by atoms with van der Waals surface area (Å²) in [7, 11) is 1.56. The number of rotatable bonds is 37. The third kappa shape index (κ3) is 35.4. The van der Waals surface area contributed by atoms with Gasteiger partial charge in [-0.3, -0.25) is 13.8 Å². The van der Waals surface area contributed by atoms with Crippen LogP contribution in [-0.2, 0) is 18.4 Å². The molecule has 0 aliphatic carbocycles. The number of quaternary nitrogens is 1. The lowest BCUT2D eigenvalue weighted by Crippen LogP contribution is -2.45. The molecule has 0 bridgehead atoms. The zero-order valence-electron chi connectivity index (χ0n) is 33.4. The van der Waals surface area contributed by atoms with Gasteiger partial charge in [-0.2, -0.15) is 0 Å². The highest BCUT2D eigenvalue weighted by atomic mass is 31.2. The zero-order valence-corrected chi connectivity index (χ0v) is 34.3. The zero-order chi connectivity index (χ0) is 37.2. The summed E-state index contributed by atoms with van der Waals surface area (Å²) in [6.07, 6.45) is 38.3. The van der Waals surface area contributed by atoms with Crippen LogP contribution in [0.25, 0.3) is 0 Å². The molecule has 8 nitrogen and oxygen atoms in total. The van der Waals surface area contributed by atoms with Gasteiger partial charge in [0.05, 0.1) is 39.9 Å². The van der Waals surface area contributed by atoms with Crippen molar-refractivity contribution in [1.82, 2.24) is 5.32 Å². The highest BCUT2D eigenvalue weighted by Crippen LogP contribution is 2.43. The van der Waals surface area contributed by atoms with E-state index in [0.717, 1.165) is 38.5 Å². The van der Waals surface area contributed by atoms with Crippen LogP contribution in [-0.4, -0.2) is 73.4 Å². The molecule has 296 valence electrons. The Morgan fingerprint density at radius 3 is 1.60 bits per heavy atom. The maximum atomic E-state index is 12.7. The Hall–Kier alpha value is -1.02. The predicted molar refractivity (Wildman–Crippen MR) is 212 cm³/mol. The topological polar surface area (TPSA) is 105 Å². The second-order valence-electron chi connectivity index (χ2n) is 15.4. The van der Waals surface area contributed by atoms with E-state index in [2.05, 4.69) is 31.3 Å². The average molecular weight is 730 g/mol. The van der Waals surface area contributed by atoms with Crippen LogP contribution < -0.4 is 5.32 Å². The van der Waals surface area contributed by atoms with Crippen molar-refractivity contribution in [2.75, 3.05) is 40.9 Å². The lowest BCUT2D eigenvalue weighted by molar-refractivity contribution is -0.870. The van der Waals surface area contributed by atoms with E-state index < -0.39 is 20.0 Å². The van der Waals surface area contributed by atoms with Crippen LogP contribution in [0, 0.1) is 0 Å². The Bertz CT molecular complexity index is 876. The van der Waals surface area contributed by atoms with E-state index in [0.29, 0.717) is 17.4 Å². The van der Waals surface area contributed by atoms with E-state index >= 15 is 0 Å². The van der Waals surface area contributed by atoms with Gasteiger partial charge in [-0.1, -0.05) is 167 Å². The van der Waals surface area contributed by atoms with Crippen molar-refractivity contribution < 1.29 is 32.9 Å². The van der Waals surface area contributed by atoms with Gasteiger partial charge in [0, 0.05) is 6.42 Å². The normalized spacial score (nSPS) is 14.8. The first kappa shape index (κ1) is 49.0. The number of nitrogens with zero attached hydrogens (tertiary/aromatic N) is 1. The fourth-order valence-electron chi connectivity index (χ4n) is 5.82. The van der Waals surface area contributed by atoms with E-state index in [1.165, 1.54) is 122 Å². The number of likely N-dealkylation sites (N-methyl/N-ethyl adjacent to an activating group) is 1. The molecule has 0 radical (unpaired) electrons. The number of unbranched alkanes of at least 4 members (excludes halogenated alkanes) is 22. The van der Waals surface area contributed by atoms with Gasteiger partial charge < -0.3 is 19.8 Å². The molecule has 0 aliphatic rings. The summed E-state index contributed by atoms with van der Waals surface area (Å²) in [4.78, 5) is 22.9. The summed E-state index contributed by atoms with van der Waals surface area (Å²) >= 11 is 0. The monoisotopic (exact) mass is 730 g/mol. The number of aliphatic hydroxyl groups is 1. The van der Waals surface area contributed by atoms with Gasteiger partial charge in [0.15, 0.2) is 0 Å². The lowest BCUT2D eigenvalue weighted by Gasteiger charge is -2.25. The van der Waals surface area contributed by atoms with E-state index in [4.69, 9.17) is 9.05 Å². The van der Waals surface area contributed by atoms with Crippen LogP contribution in [0.5, 0.6) is 0 Å². The Morgan fingerprint density at radius 1 is 0.660 bits per heavy atom. The SMILES string of the molecule is CCCCCCCCCCCCCCC/C=C/CC/C=C/C(O)C(COP(=O)(O)OCC[N+](C)(C)C)NC(=O)CCCCCCCCCCC. The van der Waals surface area contributed by atoms with Crippen molar-refractivity contribution in [3.05, 3.63) is 24.3 Å². The van der Waals surface area contributed by atoms with E-state index in [-0.39, 0.29) is 19.1 Å². The molecule has 1 amide bonds. The molecule has 0 saturated heterocycles. The van der Waals surface area contributed by atoms with Crippen LogP contribution in [0.15, 0.2) is 24.3 Å². The molecular weight excluding hydrogens is 647 g/mol. The lowest BCUT2D eigenvalue weighted by atomic mass is 10.0. The maximum absolute atomic E-state index is 12.7. The number of aliphatic hydroxyl groups excluding tert-OH is 1. The minimum atomic E-state index is -4.33. The molecular formula is C41H82N2O6P+. The summed E-state index contributed by atoms with van der Waals surface area (Å²) < 4.78 is 23.4. The molecule has 0 rings (SSSR count). The highest BCUT2D eigenvalue weighted by Gasteiger charge is 2.27. The van der Waals surface area contributed by atoms with Gasteiger partial charge in [0.25, 0.3) is 0 Å². The highest BCUT2D eigenvalue weighted by molar-refractivity contribution is 7.47. The molecule has 0 aromatic heterocycles. The number of phosphoric ester groups is 1. The molecule has 0 saturated carbocycles. The van der Waals surface area contributed by atoms with Gasteiger partial charge in [-0.05, 0) is 32.1 Å². The second-order valence-corrected chi connectivity index (χ2v) is 16.8. The van der Waals surface area contributed by atoms with E-state index in [9.17, 15) is 19.4 Å². The first-order chi connectivity index (χ1) is 24.0. The number of nitrogens with one attached hydrogen (secondary N) is 1. The molecule has 9 heteroatoms. The third-order valence-electron chi connectivity index (χ3n) is 9.17. The molecule has 0 aromatic rings. The summed E-state index contributed by atoms with van der Waals surface area (Å²) in [5.41, 5.74) is 0. The number of phosphoric acid groups is 1. The quantitative estimate of drug-likeness (QED) is 0.0254. The van der Waals surface area contributed by atoms with Crippen LogP contribution in [0.4, 0.5) is 0 Å². The molecule has 0 heterocycles. The van der Waals surface area contributed by atoms with Crippen molar-refractivity contribution >= 4 is 13.7 Å². The number of amides is 1. The smallest absolute Gasteiger partial charge is 0.387 e. The summed E-state index contributed by atoms with van der Waals surface area (Å²) in [6, 6.07) is -0.856. The summed E-state index contributed by atoms with van der Waals surface area (Å²) in [5, 5.41) is 13.7. The molecule has 0 aliphatic heterocycles. The number of hydrogen-bond acceptors (Lipinski definition) is 5. The van der Waals surface area contributed by atoms with Crippen LogP contribution in [0.2, 0.25) is 0 Å². The third-order valence-corrected chi connectivity index (χ3v) is 10.2. The fourth-order valence-corrected chi connectivity index (χ4v) is 6.56. The molecule has 3 N–H and O–H groups in total. The molecule has 0 fully saturated rings. The first-order valence-electron chi connectivity index (χ1n) is 20.7. The van der Waals surface area contributed by atoms with Gasteiger partial charge in [-0.15, -0.1) is 0 Å². The number of carbonyl (C=O) groups excluding carboxylic acids is 1. The Morgan fingerprint density at radius 2 is 1.10 bits per heavy atom. The Labute approximate surface area is 309 Å². The molecule has 3 atom stereocenters. The van der Waals surface area contributed by atoms with Crippen molar-refractivity contribution in [3.8, 4) is 0 Å². The van der Waals surface area contributed by atoms with Gasteiger partial charge in [-0.25, -0.2) is 4.57 Å². The molecule has 3 unspecified atom stereocenters. The van der Waals surface area contributed by atoms with E-state index in [1.807, 2.05) is 27.2 Å². The fraction of sp³-hybridized carbons (Fsp3) is 0.878. The van der Waals surface area contributed by atoms with Crippen molar-refractivity contribution in [2.45, 2.75) is 193 Å². The molecule has 50 heavy (non-hydrogen) atoms. The van der Waals surface area contributed by atoms with Crippen molar-refractivity contribution in [2.24, 2.45) is 0 Å².